The molecule has 0 aliphatic carbocycles. The summed E-state index contributed by atoms with van der Waals surface area (Å²) in [7, 11) is 1.76. The molecule has 2 N–H and O–H groups in total. The van der Waals surface area contributed by atoms with E-state index in [0.717, 1.165) is 12.8 Å². The Kier molecular flexibility index (Phi) is 5.29. The van der Waals surface area contributed by atoms with Crippen molar-refractivity contribution in [2.24, 2.45) is 7.05 Å². The maximum absolute atomic E-state index is 12.6. The Bertz CT molecular complexity index is 1240. The van der Waals surface area contributed by atoms with E-state index in [1.165, 1.54) is 0 Å². The third-order valence-electron chi connectivity index (χ3n) is 5.27. The average molecular weight is 419 g/mol. The predicted octanol–water partition coefficient (Wildman–Crippen LogP) is 3.43. The van der Waals surface area contributed by atoms with Crippen molar-refractivity contribution in [1.29, 1.82) is 0 Å². The van der Waals surface area contributed by atoms with Crippen molar-refractivity contribution in [1.82, 2.24) is 15.2 Å². The second-order valence-corrected chi connectivity index (χ2v) is 7.36. The zero-order chi connectivity index (χ0) is 22.1. The van der Waals surface area contributed by atoms with Gasteiger partial charge in [-0.2, -0.15) is 0 Å². The number of carbonyl (C=O) groups excluding carboxylic acids is 4. The maximum atomic E-state index is 12.6. The molecule has 0 fully saturated rings. The number of carbonyl (C=O) groups is 4. The Labute approximate surface area is 178 Å². The van der Waals surface area contributed by atoms with Gasteiger partial charge in [-0.1, -0.05) is 25.5 Å². The molecule has 3 aromatic rings. The molecule has 0 unspecified atom stereocenters. The maximum Gasteiger partial charge on any atom is 0.412 e. The predicted molar refractivity (Wildman–Crippen MR) is 114 cm³/mol. The van der Waals surface area contributed by atoms with Crippen LogP contribution in [0.3, 0.4) is 0 Å². The Morgan fingerprint density at radius 2 is 1.97 bits per heavy atom. The van der Waals surface area contributed by atoms with Crippen LogP contribution >= 0.6 is 0 Å². The molecule has 0 radical (unpaired) electrons. The molecule has 158 valence electrons. The molecular formula is C23H21N3O5. The number of nitrogens with zero attached hydrogens (tertiary/aromatic N) is 1. The van der Waals surface area contributed by atoms with E-state index in [-0.39, 0.29) is 11.1 Å². The van der Waals surface area contributed by atoms with Crippen LogP contribution in [0.15, 0.2) is 36.5 Å². The number of aromatic nitrogens is 1. The lowest BCUT2D eigenvalue weighted by Crippen LogP contribution is -2.27. The van der Waals surface area contributed by atoms with Crippen LogP contribution in [0.2, 0.25) is 0 Å². The summed E-state index contributed by atoms with van der Waals surface area (Å²) >= 11 is 0. The number of aldehydes is 1. The van der Waals surface area contributed by atoms with Gasteiger partial charge in [-0.3, -0.25) is 19.7 Å². The van der Waals surface area contributed by atoms with Crippen molar-refractivity contribution in [2.75, 3.05) is 6.54 Å². The molecule has 1 aromatic heterocycles. The SMILES string of the molecule is CCCCNC(=O)Oc1cccc(-c2cc3c(c(C=O)cn3C)c3c2C(=O)NC3=O)c1. The molecule has 8 heteroatoms. The number of unbranched alkanes of at least 4 members (excludes halogenated alkanes) is 1. The van der Waals surface area contributed by atoms with Crippen LogP contribution in [-0.2, 0) is 7.05 Å². The molecule has 8 nitrogen and oxygen atoms in total. The van der Waals surface area contributed by atoms with Gasteiger partial charge in [0.1, 0.15) is 5.75 Å². The summed E-state index contributed by atoms with van der Waals surface area (Å²) in [5, 5.41) is 5.45. The molecule has 0 atom stereocenters. The second-order valence-electron chi connectivity index (χ2n) is 7.36. The zero-order valence-electron chi connectivity index (χ0n) is 17.2. The first-order valence-corrected chi connectivity index (χ1v) is 9.97. The minimum absolute atomic E-state index is 0.184. The quantitative estimate of drug-likeness (QED) is 0.362. The summed E-state index contributed by atoms with van der Waals surface area (Å²) in [4.78, 5) is 48.7. The fourth-order valence-electron chi connectivity index (χ4n) is 3.83. The first kappa shape index (κ1) is 20.3. The lowest BCUT2D eigenvalue weighted by atomic mass is 9.92. The normalized spacial score (nSPS) is 12.6. The molecule has 0 spiro atoms. The van der Waals surface area contributed by atoms with Crippen molar-refractivity contribution >= 4 is 35.1 Å². The molecule has 31 heavy (non-hydrogen) atoms. The van der Waals surface area contributed by atoms with Crippen LogP contribution in [0.25, 0.3) is 22.0 Å². The van der Waals surface area contributed by atoms with Crippen LogP contribution in [-0.4, -0.2) is 35.3 Å². The van der Waals surface area contributed by atoms with E-state index < -0.39 is 17.9 Å². The molecule has 0 saturated heterocycles. The van der Waals surface area contributed by atoms with Gasteiger partial charge in [-0.25, -0.2) is 4.79 Å². The lowest BCUT2D eigenvalue weighted by molar-refractivity contribution is 0.0880. The first-order valence-electron chi connectivity index (χ1n) is 9.97. The van der Waals surface area contributed by atoms with Gasteiger partial charge in [0.25, 0.3) is 11.8 Å². The van der Waals surface area contributed by atoms with E-state index >= 15 is 0 Å². The molecule has 0 bridgehead atoms. The number of fused-ring (bicyclic) bond motifs is 3. The van der Waals surface area contributed by atoms with E-state index in [1.807, 2.05) is 6.92 Å². The third kappa shape index (κ3) is 3.56. The minimum atomic E-state index is -0.558. The van der Waals surface area contributed by atoms with Gasteiger partial charge in [0.2, 0.25) is 0 Å². The van der Waals surface area contributed by atoms with Crippen LogP contribution in [0.1, 0.15) is 50.8 Å². The van der Waals surface area contributed by atoms with E-state index in [1.54, 1.807) is 48.1 Å². The largest absolute Gasteiger partial charge is 0.412 e. The Hall–Kier alpha value is -3.94. The average Bonchev–Trinajstić information content (AvgIpc) is 3.23. The van der Waals surface area contributed by atoms with Gasteiger partial charge < -0.3 is 14.6 Å². The highest BCUT2D eigenvalue weighted by Gasteiger charge is 2.34. The van der Waals surface area contributed by atoms with Crippen LogP contribution in [0, 0.1) is 0 Å². The van der Waals surface area contributed by atoms with Gasteiger partial charge in [0.15, 0.2) is 6.29 Å². The number of hydrogen-bond acceptors (Lipinski definition) is 5. The fraction of sp³-hybridized carbons (Fsp3) is 0.217. The van der Waals surface area contributed by atoms with Gasteiger partial charge in [-0.05, 0) is 35.7 Å². The first-order chi connectivity index (χ1) is 14.9. The van der Waals surface area contributed by atoms with Gasteiger partial charge in [0.05, 0.1) is 11.1 Å². The van der Waals surface area contributed by atoms with Crippen molar-refractivity contribution < 1.29 is 23.9 Å². The van der Waals surface area contributed by atoms with Crippen molar-refractivity contribution in [2.45, 2.75) is 19.8 Å². The van der Waals surface area contributed by atoms with E-state index in [9.17, 15) is 19.2 Å². The second kappa shape index (κ2) is 8.06. The third-order valence-corrected chi connectivity index (χ3v) is 5.27. The van der Waals surface area contributed by atoms with Crippen molar-refractivity contribution in [3.05, 3.63) is 53.2 Å². The lowest BCUT2D eigenvalue weighted by Gasteiger charge is -2.11. The Balaban J connectivity index is 1.81. The highest BCUT2D eigenvalue weighted by molar-refractivity contribution is 6.30. The summed E-state index contributed by atoms with van der Waals surface area (Å²) in [6, 6.07) is 8.51. The van der Waals surface area contributed by atoms with Crippen molar-refractivity contribution in [3.63, 3.8) is 0 Å². The monoisotopic (exact) mass is 419 g/mol. The van der Waals surface area contributed by atoms with Crippen LogP contribution < -0.4 is 15.4 Å². The summed E-state index contributed by atoms with van der Waals surface area (Å²) in [5.74, 6) is -0.754. The summed E-state index contributed by atoms with van der Waals surface area (Å²) in [5.41, 5.74) is 2.49. The number of hydrogen-bond donors (Lipinski definition) is 2. The number of rotatable bonds is 6. The number of imide groups is 1. The van der Waals surface area contributed by atoms with E-state index in [4.69, 9.17) is 4.74 Å². The smallest absolute Gasteiger partial charge is 0.410 e. The van der Waals surface area contributed by atoms with Gasteiger partial charge in [-0.15, -0.1) is 0 Å². The van der Waals surface area contributed by atoms with E-state index in [0.29, 0.717) is 46.2 Å². The summed E-state index contributed by atoms with van der Waals surface area (Å²) in [6.45, 7) is 2.55. The van der Waals surface area contributed by atoms with Crippen molar-refractivity contribution in [3.8, 4) is 16.9 Å². The molecule has 1 aliphatic heterocycles. The highest BCUT2D eigenvalue weighted by Crippen LogP contribution is 2.38. The topological polar surface area (TPSA) is 106 Å². The molecule has 0 saturated carbocycles. The van der Waals surface area contributed by atoms with Gasteiger partial charge in [0, 0.05) is 36.3 Å². The summed E-state index contributed by atoms with van der Waals surface area (Å²) < 4.78 is 7.09. The molecular weight excluding hydrogens is 398 g/mol. The molecule has 1 aliphatic rings. The zero-order valence-corrected chi connectivity index (χ0v) is 17.2. The van der Waals surface area contributed by atoms with Crippen LogP contribution in [0.5, 0.6) is 5.75 Å². The van der Waals surface area contributed by atoms with Gasteiger partial charge >= 0.3 is 6.09 Å². The van der Waals surface area contributed by atoms with E-state index in [2.05, 4.69) is 10.6 Å². The molecule has 2 aromatic carbocycles. The number of nitrogens with one attached hydrogen (secondary N) is 2. The summed E-state index contributed by atoms with van der Waals surface area (Å²) in [6.07, 6.45) is 3.54. The number of amides is 3. The number of aryl methyl sites for hydroxylation is 1. The highest BCUT2D eigenvalue weighted by atomic mass is 16.6. The number of ether oxygens (including phenoxy) is 1. The molecule has 3 amide bonds. The Morgan fingerprint density at radius 3 is 2.71 bits per heavy atom. The Morgan fingerprint density at radius 1 is 1.19 bits per heavy atom. The fourth-order valence-corrected chi connectivity index (χ4v) is 3.83. The number of benzene rings is 2. The van der Waals surface area contributed by atoms with Crippen LogP contribution in [0.4, 0.5) is 4.79 Å². The standard InChI is InChI=1S/C23H21N3O5/c1-3-4-8-24-23(30)31-15-7-5-6-13(9-15)16-10-17-18(14(12-27)11-26(17)2)20-19(16)21(28)25-22(20)29/h5-7,9-12H,3-4,8H2,1-2H3,(H,24,30)(H,25,28,29). The molecule has 4 rings (SSSR count). The minimum Gasteiger partial charge on any atom is -0.410 e. The molecule has 2 heterocycles.